The van der Waals surface area contributed by atoms with Crippen LogP contribution in [0.15, 0.2) is 0 Å². The maximum Gasteiger partial charge on any atom is 0.0700 e. The number of hydrogen-bond acceptors (Lipinski definition) is 2. The smallest absolute Gasteiger partial charge is 0.0700 e. The lowest BCUT2D eigenvalue weighted by molar-refractivity contribution is -0.000508. The summed E-state index contributed by atoms with van der Waals surface area (Å²) >= 11 is 0. The minimum Gasteiger partial charge on any atom is -0.377 e. The van der Waals surface area contributed by atoms with Gasteiger partial charge >= 0.3 is 0 Å². The number of piperidine rings is 1. The lowest BCUT2D eigenvalue weighted by atomic mass is 9.86. The Kier molecular flexibility index (Phi) is 3.01. The minimum atomic E-state index is 0.513. The van der Waals surface area contributed by atoms with Gasteiger partial charge in [-0.1, -0.05) is 6.42 Å². The van der Waals surface area contributed by atoms with Gasteiger partial charge in [0.25, 0.3) is 0 Å². The van der Waals surface area contributed by atoms with Crippen LogP contribution in [0.4, 0.5) is 0 Å². The fourth-order valence-corrected chi connectivity index (χ4v) is 1.89. The van der Waals surface area contributed by atoms with Gasteiger partial charge in [0.2, 0.25) is 0 Å². The molecule has 1 saturated heterocycles. The Balaban J connectivity index is 1.58. The third kappa shape index (κ3) is 2.20. The van der Waals surface area contributed by atoms with Crippen LogP contribution >= 0.6 is 0 Å². The largest absolute Gasteiger partial charge is 0.377 e. The normalized spacial score (nSPS) is 31.5. The van der Waals surface area contributed by atoms with Gasteiger partial charge < -0.3 is 10.1 Å². The molecule has 1 aliphatic heterocycles. The Morgan fingerprint density at radius 1 is 1.17 bits per heavy atom. The van der Waals surface area contributed by atoms with E-state index in [0.29, 0.717) is 6.10 Å². The summed E-state index contributed by atoms with van der Waals surface area (Å²) in [5.74, 6) is 0.895. The molecule has 2 fully saturated rings. The van der Waals surface area contributed by atoms with Crippen LogP contribution in [0.5, 0.6) is 0 Å². The second kappa shape index (κ2) is 4.24. The fraction of sp³-hybridized carbons (Fsp3) is 1.00. The molecule has 2 rings (SSSR count). The van der Waals surface area contributed by atoms with Gasteiger partial charge in [0.1, 0.15) is 0 Å². The summed E-state index contributed by atoms with van der Waals surface area (Å²) < 4.78 is 5.82. The molecule has 0 aromatic heterocycles. The summed E-state index contributed by atoms with van der Waals surface area (Å²) in [6, 6.07) is 0. The van der Waals surface area contributed by atoms with E-state index < -0.39 is 0 Å². The first-order chi connectivity index (χ1) is 5.95. The maximum atomic E-state index is 5.82. The minimum absolute atomic E-state index is 0.513. The zero-order chi connectivity index (χ0) is 8.23. The summed E-state index contributed by atoms with van der Waals surface area (Å²) in [5.41, 5.74) is 0. The predicted molar refractivity (Wildman–Crippen MR) is 49.2 cm³/mol. The van der Waals surface area contributed by atoms with E-state index >= 15 is 0 Å². The van der Waals surface area contributed by atoms with Crippen molar-refractivity contribution in [3.8, 4) is 0 Å². The first-order valence-electron chi connectivity index (χ1n) is 5.27. The van der Waals surface area contributed by atoms with Crippen LogP contribution in [-0.2, 0) is 4.74 Å². The molecule has 0 bridgehead atoms. The Morgan fingerprint density at radius 3 is 2.67 bits per heavy atom. The van der Waals surface area contributed by atoms with Crippen LogP contribution in [0.2, 0.25) is 0 Å². The molecule has 2 aliphatic rings. The highest BCUT2D eigenvalue weighted by molar-refractivity contribution is 4.72. The maximum absolute atomic E-state index is 5.82. The molecule has 0 aromatic carbocycles. The first-order valence-corrected chi connectivity index (χ1v) is 5.27. The third-order valence-corrected chi connectivity index (χ3v) is 3.04. The van der Waals surface area contributed by atoms with Gasteiger partial charge in [-0.2, -0.15) is 0 Å². The van der Waals surface area contributed by atoms with Gasteiger partial charge in [-0.25, -0.2) is 0 Å². The van der Waals surface area contributed by atoms with E-state index in [0.717, 1.165) is 19.1 Å². The zero-order valence-corrected chi connectivity index (χ0v) is 7.72. The van der Waals surface area contributed by atoms with Gasteiger partial charge in [0, 0.05) is 13.2 Å². The van der Waals surface area contributed by atoms with Crippen molar-refractivity contribution in [3.63, 3.8) is 0 Å². The lowest BCUT2D eigenvalue weighted by Gasteiger charge is -2.29. The van der Waals surface area contributed by atoms with Crippen molar-refractivity contribution >= 4 is 0 Å². The Hall–Kier alpha value is -0.0800. The van der Waals surface area contributed by atoms with Crippen molar-refractivity contribution in [1.82, 2.24) is 5.32 Å². The molecule has 2 heteroatoms. The molecule has 1 unspecified atom stereocenters. The molecule has 2 nitrogen and oxygen atoms in total. The van der Waals surface area contributed by atoms with Crippen molar-refractivity contribution in [2.45, 2.75) is 38.2 Å². The number of nitrogens with one attached hydrogen (secondary N) is 1. The number of ether oxygens (including phenoxy) is 1. The van der Waals surface area contributed by atoms with Crippen molar-refractivity contribution in [2.24, 2.45) is 5.92 Å². The van der Waals surface area contributed by atoms with Gasteiger partial charge in [-0.3, -0.25) is 0 Å². The van der Waals surface area contributed by atoms with Crippen LogP contribution in [-0.4, -0.2) is 25.8 Å². The summed E-state index contributed by atoms with van der Waals surface area (Å²) in [7, 11) is 0. The van der Waals surface area contributed by atoms with Crippen molar-refractivity contribution in [3.05, 3.63) is 0 Å². The fourth-order valence-electron chi connectivity index (χ4n) is 1.89. The molecule has 1 atom stereocenters. The molecule has 70 valence electrons. The van der Waals surface area contributed by atoms with Crippen LogP contribution in [0.25, 0.3) is 0 Å². The summed E-state index contributed by atoms with van der Waals surface area (Å²) in [4.78, 5) is 0. The molecule has 1 heterocycles. The van der Waals surface area contributed by atoms with E-state index in [-0.39, 0.29) is 0 Å². The zero-order valence-electron chi connectivity index (χ0n) is 7.72. The van der Waals surface area contributed by atoms with Crippen LogP contribution < -0.4 is 5.32 Å². The topological polar surface area (TPSA) is 21.3 Å². The summed E-state index contributed by atoms with van der Waals surface area (Å²) in [6.07, 6.45) is 7.30. The third-order valence-electron chi connectivity index (χ3n) is 3.04. The molecule has 0 aromatic rings. The molecular weight excluding hydrogens is 150 g/mol. The second-order valence-corrected chi connectivity index (χ2v) is 4.10. The quantitative estimate of drug-likeness (QED) is 0.692. The number of hydrogen-bond donors (Lipinski definition) is 1. The Morgan fingerprint density at radius 2 is 2.08 bits per heavy atom. The molecular formula is C10H19NO. The second-order valence-electron chi connectivity index (χ2n) is 4.10. The SMILES string of the molecule is C1CC(COC2CCCNC2)C1. The molecule has 1 N–H and O–H groups in total. The molecule has 12 heavy (non-hydrogen) atoms. The lowest BCUT2D eigenvalue weighted by Crippen LogP contribution is -2.36. The van der Waals surface area contributed by atoms with Gasteiger partial charge in [0.15, 0.2) is 0 Å². The van der Waals surface area contributed by atoms with E-state index in [9.17, 15) is 0 Å². The van der Waals surface area contributed by atoms with E-state index in [1.165, 1.54) is 38.6 Å². The van der Waals surface area contributed by atoms with Crippen molar-refractivity contribution < 1.29 is 4.74 Å². The van der Waals surface area contributed by atoms with E-state index in [4.69, 9.17) is 4.74 Å². The van der Waals surface area contributed by atoms with E-state index in [1.807, 2.05) is 0 Å². The van der Waals surface area contributed by atoms with Gasteiger partial charge in [0.05, 0.1) is 6.10 Å². The molecule has 1 aliphatic carbocycles. The molecule has 0 spiro atoms. The van der Waals surface area contributed by atoms with E-state index in [2.05, 4.69) is 5.32 Å². The first kappa shape index (κ1) is 8.52. The molecule has 0 radical (unpaired) electrons. The van der Waals surface area contributed by atoms with Crippen molar-refractivity contribution in [2.75, 3.05) is 19.7 Å². The van der Waals surface area contributed by atoms with Crippen molar-refractivity contribution in [1.29, 1.82) is 0 Å². The van der Waals surface area contributed by atoms with Gasteiger partial charge in [-0.15, -0.1) is 0 Å². The Labute approximate surface area is 74.7 Å². The highest BCUT2D eigenvalue weighted by Crippen LogP contribution is 2.26. The highest BCUT2D eigenvalue weighted by Gasteiger charge is 2.20. The molecule has 1 saturated carbocycles. The summed E-state index contributed by atoms with van der Waals surface area (Å²) in [5, 5.41) is 3.37. The van der Waals surface area contributed by atoms with Crippen LogP contribution in [0.1, 0.15) is 32.1 Å². The monoisotopic (exact) mass is 169 g/mol. The number of rotatable bonds is 3. The standard InChI is InChI=1S/C10H19NO/c1-3-9(4-1)8-12-10-5-2-6-11-7-10/h9-11H,1-8H2. The van der Waals surface area contributed by atoms with Gasteiger partial charge in [-0.05, 0) is 38.1 Å². The Bertz CT molecular complexity index is 128. The summed E-state index contributed by atoms with van der Waals surface area (Å²) in [6.45, 7) is 3.28. The van der Waals surface area contributed by atoms with Crippen LogP contribution in [0.3, 0.4) is 0 Å². The average molecular weight is 169 g/mol. The van der Waals surface area contributed by atoms with Crippen LogP contribution in [0, 0.1) is 5.92 Å². The van der Waals surface area contributed by atoms with E-state index in [1.54, 1.807) is 0 Å². The molecule has 0 amide bonds. The highest BCUT2D eigenvalue weighted by atomic mass is 16.5. The average Bonchev–Trinajstić information content (AvgIpc) is 2.04. The predicted octanol–water partition coefficient (Wildman–Crippen LogP) is 1.56.